The molecule has 1 aliphatic rings. The first-order valence-electron chi connectivity index (χ1n) is 11.5. The Bertz CT molecular complexity index is 1280. The van der Waals surface area contributed by atoms with E-state index in [2.05, 4.69) is 0 Å². The van der Waals surface area contributed by atoms with Crippen LogP contribution in [0.2, 0.25) is 5.02 Å². The Hall–Kier alpha value is -3.70. The van der Waals surface area contributed by atoms with Gasteiger partial charge in [-0.3, -0.25) is 4.79 Å². The number of hydrogen-bond acceptors (Lipinski definition) is 4. The van der Waals surface area contributed by atoms with Crippen LogP contribution in [-0.4, -0.2) is 11.1 Å². The highest BCUT2D eigenvalue weighted by Gasteiger charge is 2.17. The van der Waals surface area contributed by atoms with E-state index in [1.165, 1.54) is 0 Å². The molecule has 180 valence electrons. The van der Waals surface area contributed by atoms with Crippen LogP contribution in [0.25, 0.3) is 0 Å². The van der Waals surface area contributed by atoms with Gasteiger partial charge in [0.2, 0.25) is 0 Å². The van der Waals surface area contributed by atoms with Crippen LogP contribution in [0.4, 0.5) is 0 Å². The topological polar surface area (TPSA) is 65.0 Å². The zero-order valence-electron chi connectivity index (χ0n) is 19.7. The molecule has 1 N–H and O–H groups in total. The van der Waals surface area contributed by atoms with E-state index < -0.39 is 5.97 Å². The lowest BCUT2D eigenvalue weighted by atomic mass is 9.88. The summed E-state index contributed by atoms with van der Waals surface area (Å²) in [7, 11) is 0. The van der Waals surface area contributed by atoms with Crippen molar-refractivity contribution in [3.8, 4) is 28.7 Å². The predicted octanol–water partition coefficient (Wildman–Crippen LogP) is 8.33. The highest BCUT2D eigenvalue weighted by atomic mass is 35.5. The number of allylic oxidation sites excluding steroid dienone is 3. The summed E-state index contributed by atoms with van der Waals surface area (Å²) >= 11 is 6.22. The minimum absolute atomic E-state index is 0.166. The smallest absolute Gasteiger partial charge is 0.303 e. The van der Waals surface area contributed by atoms with E-state index in [4.69, 9.17) is 30.9 Å². The number of rotatable bonds is 9. The minimum Gasteiger partial charge on any atom is -0.481 e. The average Bonchev–Trinajstić information content (AvgIpc) is 2.82. The lowest BCUT2D eigenvalue weighted by Gasteiger charge is -2.21. The number of carbonyl (C=O) groups is 1. The van der Waals surface area contributed by atoms with Gasteiger partial charge in [-0.2, -0.15) is 0 Å². The molecule has 0 radical (unpaired) electrons. The van der Waals surface area contributed by atoms with Crippen LogP contribution >= 0.6 is 11.6 Å². The van der Waals surface area contributed by atoms with E-state index in [1.54, 1.807) is 18.2 Å². The van der Waals surface area contributed by atoms with Crippen molar-refractivity contribution in [2.45, 2.75) is 33.1 Å². The normalized spacial score (nSPS) is 15.1. The fourth-order valence-electron chi connectivity index (χ4n) is 3.86. The van der Waals surface area contributed by atoms with E-state index in [-0.39, 0.29) is 12.3 Å². The lowest BCUT2D eigenvalue weighted by molar-refractivity contribution is -0.137. The molecule has 0 saturated carbocycles. The van der Waals surface area contributed by atoms with Crippen molar-refractivity contribution in [2.75, 3.05) is 0 Å². The molecule has 3 aromatic rings. The van der Waals surface area contributed by atoms with Gasteiger partial charge in [0.05, 0.1) is 0 Å². The largest absolute Gasteiger partial charge is 0.481 e. The number of aliphatic carboxylic acids is 1. The molecule has 6 heteroatoms. The molecule has 0 spiro atoms. The number of hydrogen-bond donors (Lipinski definition) is 1. The SMILES string of the molecule is CC1=CC(Oc2cccc(Oc3ccc(Cl)cc3Oc3ccccc3C)c2)=CCC1CCC(=O)O. The van der Waals surface area contributed by atoms with Crippen LogP contribution in [0.3, 0.4) is 0 Å². The maximum absolute atomic E-state index is 10.9. The zero-order chi connectivity index (χ0) is 24.8. The molecule has 1 aliphatic carbocycles. The van der Waals surface area contributed by atoms with Crippen LogP contribution in [0.5, 0.6) is 28.7 Å². The van der Waals surface area contributed by atoms with E-state index in [0.717, 1.165) is 29.1 Å². The van der Waals surface area contributed by atoms with Crippen molar-refractivity contribution in [1.29, 1.82) is 0 Å². The number of para-hydroxylation sites is 1. The van der Waals surface area contributed by atoms with Gasteiger partial charge in [-0.15, -0.1) is 0 Å². The third-order valence-corrected chi connectivity index (χ3v) is 6.05. The summed E-state index contributed by atoms with van der Waals surface area (Å²) < 4.78 is 18.3. The summed E-state index contributed by atoms with van der Waals surface area (Å²) in [6.07, 6.45) is 5.51. The monoisotopic (exact) mass is 490 g/mol. The molecule has 4 rings (SSSR count). The van der Waals surface area contributed by atoms with Crippen LogP contribution in [-0.2, 0) is 4.79 Å². The van der Waals surface area contributed by atoms with Crippen LogP contribution in [0, 0.1) is 12.8 Å². The van der Waals surface area contributed by atoms with Crippen molar-refractivity contribution in [3.05, 3.63) is 101 Å². The molecule has 3 aromatic carbocycles. The van der Waals surface area contributed by atoms with Gasteiger partial charge in [0.25, 0.3) is 0 Å². The van der Waals surface area contributed by atoms with Gasteiger partial charge in [-0.1, -0.05) is 41.4 Å². The Morgan fingerprint density at radius 1 is 0.914 bits per heavy atom. The second-order valence-corrected chi connectivity index (χ2v) is 8.93. The average molecular weight is 491 g/mol. The summed E-state index contributed by atoms with van der Waals surface area (Å²) in [5.41, 5.74) is 2.12. The number of carboxylic acid groups (broad SMARTS) is 1. The number of carboxylic acids is 1. The summed E-state index contributed by atoms with van der Waals surface area (Å²) in [5, 5.41) is 9.49. The first-order valence-corrected chi connectivity index (χ1v) is 11.8. The van der Waals surface area contributed by atoms with Crippen molar-refractivity contribution >= 4 is 17.6 Å². The number of ether oxygens (including phenoxy) is 3. The van der Waals surface area contributed by atoms with Gasteiger partial charge in [-0.25, -0.2) is 0 Å². The van der Waals surface area contributed by atoms with Crippen LogP contribution in [0.1, 0.15) is 31.7 Å². The molecule has 0 heterocycles. The molecule has 35 heavy (non-hydrogen) atoms. The van der Waals surface area contributed by atoms with Gasteiger partial charge in [0, 0.05) is 23.6 Å². The summed E-state index contributed by atoms with van der Waals surface area (Å²) in [6.45, 7) is 3.99. The highest BCUT2D eigenvalue weighted by Crippen LogP contribution is 2.38. The van der Waals surface area contributed by atoms with Gasteiger partial charge >= 0.3 is 5.97 Å². The van der Waals surface area contributed by atoms with E-state index in [0.29, 0.717) is 34.4 Å². The minimum atomic E-state index is -0.770. The Morgan fingerprint density at radius 2 is 1.69 bits per heavy atom. The Kier molecular flexibility index (Phi) is 7.78. The Morgan fingerprint density at radius 3 is 2.43 bits per heavy atom. The molecule has 0 aromatic heterocycles. The second kappa shape index (κ2) is 11.2. The third-order valence-electron chi connectivity index (χ3n) is 5.81. The summed E-state index contributed by atoms with van der Waals surface area (Å²) in [5.74, 6) is 3.19. The van der Waals surface area contributed by atoms with Crippen LogP contribution in [0.15, 0.2) is 90.2 Å². The fourth-order valence-corrected chi connectivity index (χ4v) is 4.02. The van der Waals surface area contributed by atoms with Crippen LogP contribution < -0.4 is 14.2 Å². The maximum atomic E-state index is 10.9. The van der Waals surface area contributed by atoms with E-state index >= 15 is 0 Å². The number of aryl methyl sites for hydroxylation is 1. The van der Waals surface area contributed by atoms with Crippen molar-refractivity contribution in [1.82, 2.24) is 0 Å². The molecule has 5 nitrogen and oxygen atoms in total. The molecule has 0 bridgehead atoms. The summed E-state index contributed by atoms with van der Waals surface area (Å²) in [6, 6.07) is 20.4. The molecule has 0 fully saturated rings. The Balaban J connectivity index is 1.47. The molecule has 1 atom stereocenters. The van der Waals surface area contributed by atoms with Crippen molar-refractivity contribution < 1.29 is 24.1 Å². The van der Waals surface area contributed by atoms with Crippen molar-refractivity contribution in [3.63, 3.8) is 0 Å². The quantitative estimate of drug-likeness (QED) is 0.326. The first kappa shape index (κ1) is 24.4. The maximum Gasteiger partial charge on any atom is 0.303 e. The van der Waals surface area contributed by atoms with Gasteiger partial charge in [-0.05, 0) is 80.7 Å². The molecule has 0 saturated heterocycles. The molecular weight excluding hydrogens is 464 g/mol. The highest BCUT2D eigenvalue weighted by molar-refractivity contribution is 6.30. The lowest BCUT2D eigenvalue weighted by Crippen LogP contribution is -2.10. The number of benzene rings is 3. The van der Waals surface area contributed by atoms with Gasteiger partial charge < -0.3 is 19.3 Å². The predicted molar refractivity (Wildman–Crippen MR) is 137 cm³/mol. The van der Waals surface area contributed by atoms with Crippen molar-refractivity contribution in [2.24, 2.45) is 5.92 Å². The third kappa shape index (κ3) is 6.67. The second-order valence-electron chi connectivity index (χ2n) is 8.50. The fraction of sp³-hybridized carbons (Fsp3) is 0.207. The zero-order valence-corrected chi connectivity index (χ0v) is 20.4. The van der Waals surface area contributed by atoms with Gasteiger partial charge in [0.15, 0.2) is 11.5 Å². The number of halogens is 1. The summed E-state index contributed by atoms with van der Waals surface area (Å²) in [4.78, 5) is 10.9. The Labute approximate surface area is 210 Å². The molecular formula is C29H27ClO5. The molecule has 0 amide bonds. The van der Waals surface area contributed by atoms with Gasteiger partial charge in [0.1, 0.15) is 23.0 Å². The first-order chi connectivity index (χ1) is 16.9. The molecule has 0 aliphatic heterocycles. The van der Waals surface area contributed by atoms with E-state index in [1.807, 2.05) is 74.5 Å². The molecule has 1 unspecified atom stereocenters. The standard InChI is InChI=1S/C29H27ClO5/c1-19-6-3-4-9-26(19)35-28-17-22(30)12-14-27(28)34-24-8-5-7-23(18-24)33-25-13-10-21(20(2)16-25)11-15-29(31)32/h3-9,12-14,16-18,21H,10-11,15H2,1-2H3,(H,31,32). The van der Waals surface area contributed by atoms with E-state index in [9.17, 15) is 4.79 Å².